The molecule has 0 bridgehead atoms. The normalized spacial score (nSPS) is 20.1. The van der Waals surface area contributed by atoms with Gasteiger partial charge in [0.2, 0.25) is 0 Å². The predicted molar refractivity (Wildman–Crippen MR) is 63.4 cm³/mol. The summed E-state index contributed by atoms with van der Waals surface area (Å²) in [4.78, 5) is 11.1. The smallest absolute Gasteiger partial charge is 0.314 e. The second-order valence-electron chi connectivity index (χ2n) is 5.24. The highest BCUT2D eigenvalue weighted by molar-refractivity contribution is 5.75. The van der Waals surface area contributed by atoms with Gasteiger partial charge in [-0.25, -0.2) is 0 Å². The summed E-state index contributed by atoms with van der Waals surface area (Å²) < 4.78 is 5.06. The molecule has 3 heteroatoms. The van der Waals surface area contributed by atoms with Crippen molar-refractivity contribution in [2.45, 2.75) is 52.4 Å². The van der Waals surface area contributed by atoms with Crippen LogP contribution in [0, 0.1) is 11.3 Å². The molecule has 0 spiro atoms. The Labute approximate surface area is 98.2 Å². The van der Waals surface area contributed by atoms with Gasteiger partial charge < -0.3 is 9.84 Å². The lowest BCUT2D eigenvalue weighted by atomic mass is 9.77. The zero-order chi connectivity index (χ0) is 12.0. The highest BCUT2D eigenvalue weighted by Crippen LogP contribution is 2.36. The molecule has 0 aromatic rings. The molecular formula is C13H24O3. The number of aliphatic carboxylic acids is 1. The van der Waals surface area contributed by atoms with E-state index in [4.69, 9.17) is 9.84 Å². The van der Waals surface area contributed by atoms with Crippen LogP contribution in [0.5, 0.6) is 0 Å². The summed E-state index contributed by atoms with van der Waals surface area (Å²) in [7, 11) is 0. The van der Waals surface area contributed by atoms with Crippen molar-refractivity contribution in [1.29, 1.82) is 0 Å². The first kappa shape index (κ1) is 13.5. The Morgan fingerprint density at radius 1 is 1.38 bits per heavy atom. The van der Waals surface area contributed by atoms with E-state index >= 15 is 0 Å². The summed E-state index contributed by atoms with van der Waals surface area (Å²) in [6, 6.07) is 0. The average molecular weight is 228 g/mol. The fourth-order valence-electron chi connectivity index (χ4n) is 2.37. The number of unbranched alkanes of at least 4 members (excludes halogenated alkanes) is 3. The Bertz CT molecular complexity index is 221. The maximum atomic E-state index is 11.1. The van der Waals surface area contributed by atoms with E-state index in [1.165, 1.54) is 25.7 Å². The van der Waals surface area contributed by atoms with E-state index < -0.39 is 11.4 Å². The van der Waals surface area contributed by atoms with Crippen molar-refractivity contribution in [2.24, 2.45) is 11.3 Å². The van der Waals surface area contributed by atoms with Crippen LogP contribution in [0.25, 0.3) is 0 Å². The molecule has 3 nitrogen and oxygen atoms in total. The largest absolute Gasteiger partial charge is 0.481 e. The molecule has 1 fully saturated rings. The van der Waals surface area contributed by atoms with Crippen molar-refractivity contribution < 1.29 is 14.6 Å². The summed E-state index contributed by atoms with van der Waals surface area (Å²) in [5, 5.41) is 9.16. The molecule has 1 N–H and O–H groups in total. The molecular weight excluding hydrogens is 204 g/mol. The van der Waals surface area contributed by atoms with Gasteiger partial charge in [-0.15, -0.1) is 0 Å². The average Bonchev–Trinajstić information content (AvgIpc) is 2.18. The third-order valence-corrected chi connectivity index (χ3v) is 3.50. The minimum absolute atomic E-state index is 0.404. The van der Waals surface area contributed by atoms with Gasteiger partial charge >= 0.3 is 5.97 Å². The quantitative estimate of drug-likeness (QED) is 0.649. The van der Waals surface area contributed by atoms with Crippen LogP contribution in [-0.2, 0) is 9.53 Å². The SMILES string of the molecule is CCCCCCC(C)CC1(C(=O)O)COC1. The molecule has 1 aliphatic rings. The summed E-state index contributed by atoms with van der Waals surface area (Å²) >= 11 is 0. The number of hydrogen-bond donors (Lipinski definition) is 1. The van der Waals surface area contributed by atoms with E-state index in [2.05, 4.69) is 13.8 Å². The van der Waals surface area contributed by atoms with Crippen LogP contribution < -0.4 is 0 Å². The fourth-order valence-corrected chi connectivity index (χ4v) is 2.37. The number of carboxylic acids is 1. The van der Waals surface area contributed by atoms with E-state index in [1.807, 2.05) is 0 Å². The molecule has 0 amide bonds. The lowest BCUT2D eigenvalue weighted by Crippen LogP contribution is -2.49. The molecule has 16 heavy (non-hydrogen) atoms. The second-order valence-corrected chi connectivity index (χ2v) is 5.24. The van der Waals surface area contributed by atoms with Gasteiger partial charge in [0.25, 0.3) is 0 Å². The van der Waals surface area contributed by atoms with Crippen molar-refractivity contribution in [2.75, 3.05) is 13.2 Å². The third kappa shape index (κ3) is 3.48. The van der Waals surface area contributed by atoms with Gasteiger partial charge in [-0.3, -0.25) is 4.79 Å². The molecule has 1 heterocycles. The minimum atomic E-state index is -0.681. The Morgan fingerprint density at radius 2 is 2.06 bits per heavy atom. The highest BCUT2D eigenvalue weighted by atomic mass is 16.5. The Hall–Kier alpha value is -0.570. The van der Waals surface area contributed by atoms with Crippen molar-refractivity contribution in [3.8, 4) is 0 Å². The van der Waals surface area contributed by atoms with Gasteiger partial charge in [-0.05, 0) is 12.3 Å². The van der Waals surface area contributed by atoms with Gasteiger partial charge in [0.05, 0.1) is 13.2 Å². The molecule has 0 aromatic heterocycles. The topological polar surface area (TPSA) is 46.5 Å². The molecule has 1 atom stereocenters. The Balaban J connectivity index is 2.22. The number of ether oxygens (including phenoxy) is 1. The summed E-state index contributed by atoms with van der Waals surface area (Å²) in [5.74, 6) is -0.184. The van der Waals surface area contributed by atoms with E-state index in [0.717, 1.165) is 12.8 Å². The number of carbonyl (C=O) groups is 1. The van der Waals surface area contributed by atoms with Crippen LogP contribution in [0.4, 0.5) is 0 Å². The van der Waals surface area contributed by atoms with E-state index in [1.54, 1.807) is 0 Å². The zero-order valence-corrected chi connectivity index (χ0v) is 10.5. The van der Waals surface area contributed by atoms with Crippen molar-refractivity contribution in [1.82, 2.24) is 0 Å². The predicted octanol–water partition coefficient (Wildman–Crippen LogP) is 3.08. The van der Waals surface area contributed by atoms with Crippen molar-refractivity contribution in [3.63, 3.8) is 0 Å². The van der Waals surface area contributed by atoms with Gasteiger partial charge in [0.1, 0.15) is 5.41 Å². The van der Waals surface area contributed by atoms with Crippen molar-refractivity contribution in [3.05, 3.63) is 0 Å². The molecule has 1 rings (SSSR count). The fraction of sp³-hybridized carbons (Fsp3) is 0.923. The number of hydrogen-bond acceptors (Lipinski definition) is 2. The molecule has 0 saturated carbocycles. The van der Waals surface area contributed by atoms with Crippen LogP contribution in [0.2, 0.25) is 0 Å². The molecule has 0 aliphatic carbocycles. The molecule has 94 valence electrons. The van der Waals surface area contributed by atoms with Gasteiger partial charge in [0.15, 0.2) is 0 Å². The standard InChI is InChI=1S/C13H24O3/c1-3-4-5-6-7-11(2)8-13(12(14)15)9-16-10-13/h11H,3-10H2,1-2H3,(H,14,15). The summed E-state index contributed by atoms with van der Waals surface area (Å²) in [6.07, 6.45) is 6.97. The summed E-state index contributed by atoms with van der Waals surface area (Å²) in [5.41, 5.74) is -0.565. The third-order valence-electron chi connectivity index (χ3n) is 3.50. The number of rotatable bonds is 8. The lowest BCUT2D eigenvalue weighted by molar-refractivity contribution is -0.183. The molecule has 0 radical (unpaired) electrons. The second kappa shape index (κ2) is 6.24. The van der Waals surface area contributed by atoms with Gasteiger partial charge in [0, 0.05) is 0 Å². The number of carboxylic acid groups (broad SMARTS) is 1. The van der Waals surface area contributed by atoms with Crippen molar-refractivity contribution >= 4 is 5.97 Å². The van der Waals surface area contributed by atoms with Gasteiger partial charge in [-0.1, -0.05) is 46.0 Å². The first-order valence-corrected chi connectivity index (χ1v) is 6.42. The molecule has 0 aromatic carbocycles. The zero-order valence-electron chi connectivity index (χ0n) is 10.5. The maximum absolute atomic E-state index is 11.1. The van der Waals surface area contributed by atoms with E-state index in [0.29, 0.717) is 19.1 Å². The van der Waals surface area contributed by atoms with E-state index in [-0.39, 0.29) is 0 Å². The molecule has 1 aliphatic heterocycles. The maximum Gasteiger partial charge on any atom is 0.314 e. The minimum Gasteiger partial charge on any atom is -0.481 e. The van der Waals surface area contributed by atoms with Crippen LogP contribution in [-0.4, -0.2) is 24.3 Å². The molecule has 1 unspecified atom stereocenters. The molecule has 1 saturated heterocycles. The van der Waals surface area contributed by atoms with Crippen LogP contribution in [0.15, 0.2) is 0 Å². The Kier molecular flexibility index (Phi) is 5.26. The van der Waals surface area contributed by atoms with Crippen LogP contribution in [0.3, 0.4) is 0 Å². The first-order chi connectivity index (χ1) is 7.60. The van der Waals surface area contributed by atoms with Crippen LogP contribution in [0.1, 0.15) is 52.4 Å². The lowest BCUT2D eigenvalue weighted by Gasteiger charge is -2.39. The first-order valence-electron chi connectivity index (χ1n) is 6.42. The van der Waals surface area contributed by atoms with Crippen LogP contribution >= 0.6 is 0 Å². The highest BCUT2D eigenvalue weighted by Gasteiger charge is 2.46. The van der Waals surface area contributed by atoms with Gasteiger partial charge in [-0.2, -0.15) is 0 Å². The Morgan fingerprint density at radius 3 is 2.50 bits per heavy atom. The summed E-state index contributed by atoms with van der Waals surface area (Å²) in [6.45, 7) is 5.17. The monoisotopic (exact) mass is 228 g/mol. The van der Waals surface area contributed by atoms with E-state index in [9.17, 15) is 4.79 Å².